The van der Waals surface area contributed by atoms with Crippen molar-refractivity contribution in [1.82, 2.24) is 4.90 Å². The number of nitrogens with zero attached hydrogens (tertiary/aromatic N) is 1. The highest BCUT2D eigenvalue weighted by Gasteiger charge is 2.22. The Bertz CT molecular complexity index is 285. The molecule has 0 unspecified atom stereocenters. The van der Waals surface area contributed by atoms with Crippen LogP contribution in [0.4, 0.5) is 0 Å². The van der Waals surface area contributed by atoms with Gasteiger partial charge in [-0.2, -0.15) is 0 Å². The van der Waals surface area contributed by atoms with Gasteiger partial charge in [0.2, 0.25) is 0 Å². The molecule has 1 aliphatic heterocycles. The molecule has 0 aromatic heterocycles. The summed E-state index contributed by atoms with van der Waals surface area (Å²) >= 11 is 0. The van der Waals surface area contributed by atoms with E-state index in [1.54, 1.807) is 0 Å². The average Bonchev–Trinajstić information content (AvgIpc) is 2.14. The molecule has 1 saturated heterocycles. The number of sulfone groups is 1. The Hall–Kier alpha value is -0.0900. The van der Waals surface area contributed by atoms with Crippen LogP contribution in [0.3, 0.4) is 0 Å². The first-order valence-electron chi connectivity index (χ1n) is 5.78. The smallest absolute Gasteiger partial charge is 0.148 e. The largest absolute Gasteiger partial charge is 0.302 e. The maximum absolute atomic E-state index is 11.1. The van der Waals surface area contributed by atoms with Crippen LogP contribution in [0.15, 0.2) is 0 Å². The van der Waals surface area contributed by atoms with E-state index in [2.05, 4.69) is 18.7 Å². The van der Waals surface area contributed by atoms with E-state index < -0.39 is 9.84 Å². The monoisotopic (exact) mass is 233 g/mol. The first-order valence-corrected chi connectivity index (χ1v) is 7.84. The lowest BCUT2D eigenvalue weighted by Crippen LogP contribution is -2.39. The third-order valence-corrected chi connectivity index (χ3v) is 4.19. The molecule has 0 bridgehead atoms. The molecule has 1 fully saturated rings. The molecule has 4 heteroatoms. The van der Waals surface area contributed by atoms with E-state index in [-0.39, 0.29) is 0 Å². The van der Waals surface area contributed by atoms with Crippen LogP contribution in [-0.2, 0) is 9.84 Å². The topological polar surface area (TPSA) is 37.4 Å². The van der Waals surface area contributed by atoms with E-state index in [0.29, 0.717) is 18.2 Å². The van der Waals surface area contributed by atoms with Gasteiger partial charge >= 0.3 is 0 Å². The molecular formula is C11H23NO2S. The van der Waals surface area contributed by atoms with Crippen LogP contribution in [0.5, 0.6) is 0 Å². The van der Waals surface area contributed by atoms with Gasteiger partial charge in [0.25, 0.3) is 0 Å². The zero-order chi connectivity index (χ0) is 11.5. The van der Waals surface area contributed by atoms with E-state index in [1.807, 2.05) is 0 Å². The Balaban J connectivity index is 2.37. The van der Waals surface area contributed by atoms with Crippen molar-refractivity contribution in [1.29, 1.82) is 0 Å². The van der Waals surface area contributed by atoms with E-state index in [1.165, 1.54) is 19.1 Å². The van der Waals surface area contributed by atoms with Crippen LogP contribution in [0, 0.1) is 11.8 Å². The second-order valence-corrected chi connectivity index (χ2v) is 7.34. The molecule has 3 nitrogen and oxygen atoms in total. The van der Waals surface area contributed by atoms with Crippen LogP contribution < -0.4 is 0 Å². The van der Waals surface area contributed by atoms with Crippen molar-refractivity contribution in [3.63, 3.8) is 0 Å². The summed E-state index contributed by atoms with van der Waals surface area (Å²) in [4.78, 5) is 2.30. The maximum Gasteiger partial charge on any atom is 0.148 e. The summed E-state index contributed by atoms with van der Waals surface area (Å²) in [5.41, 5.74) is 0. The first-order chi connectivity index (χ1) is 6.88. The zero-order valence-corrected chi connectivity index (χ0v) is 10.9. The third-order valence-electron chi connectivity index (χ3n) is 3.26. The van der Waals surface area contributed by atoms with Crippen LogP contribution in [0.1, 0.15) is 26.7 Å². The molecule has 1 heterocycles. The van der Waals surface area contributed by atoms with Gasteiger partial charge in [-0.1, -0.05) is 13.8 Å². The Labute approximate surface area is 93.8 Å². The van der Waals surface area contributed by atoms with Crippen LogP contribution in [-0.4, -0.2) is 45.0 Å². The van der Waals surface area contributed by atoms with Crippen molar-refractivity contribution >= 4 is 9.84 Å². The highest BCUT2D eigenvalue weighted by Crippen LogP contribution is 2.23. The number of hydrogen-bond donors (Lipinski definition) is 0. The molecule has 0 radical (unpaired) electrons. The number of hydrogen-bond acceptors (Lipinski definition) is 3. The van der Waals surface area contributed by atoms with Gasteiger partial charge in [-0.3, -0.25) is 0 Å². The van der Waals surface area contributed by atoms with Gasteiger partial charge in [0.1, 0.15) is 9.84 Å². The highest BCUT2D eigenvalue weighted by atomic mass is 32.2. The van der Waals surface area contributed by atoms with E-state index in [9.17, 15) is 8.42 Å². The molecule has 0 amide bonds. The van der Waals surface area contributed by atoms with Crippen LogP contribution >= 0.6 is 0 Å². The fraction of sp³-hybridized carbons (Fsp3) is 1.00. The lowest BCUT2D eigenvalue weighted by molar-refractivity contribution is 0.152. The number of likely N-dealkylation sites (tertiary alicyclic amines) is 1. The number of piperidine rings is 1. The molecule has 1 atom stereocenters. The van der Waals surface area contributed by atoms with Crippen molar-refractivity contribution in [3.05, 3.63) is 0 Å². The van der Waals surface area contributed by atoms with Gasteiger partial charge in [-0.05, 0) is 31.2 Å². The molecule has 0 aromatic rings. The summed E-state index contributed by atoms with van der Waals surface area (Å²) in [5, 5.41) is 0. The van der Waals surface area contributed by atoms with Gasteiger partial charge < -0.3 is 4.90 Å². The fourth-order valence-corrected chi connectivity index (χ4v) is 2.72. The molecule has 1 aliphatic rings. The van der Waals surface area contributed by atoms with Crippen molar-refractivity contribution in [2.24, 2.45) is 11.8 Å². The maximum atomic E-state index is 11.1. The summed E-state index contributed by atoms with van der Waals surface area (Å²) in [5.74, 6) is 1.77. The summed E-state index contributed by atoms with van der Waals surface area (Å²) in [6.45, 7) is 7.36. The molecule has 0 aliphatic carbocycles. The third kappa shape index (κ3) is 4.98. The molecule has 15 heavy (non-hydrogen) atoms. The van der Waals surface area contributed by atoms with Gasteiger partial charge in [0.15, 0.2) is 0 Å². The minimum absolute atomic E-state index is 0.303. The second kappa shape index (κ2) is 5.30. The van der Waals surface area contributed by atoms with E-state index >= 15 is 0 Å². The Morgan fingerprint density at radius 3 is 2.60 bits per heavy atom. The van der Waals surface area contributed by atoms with E-state index in [0.717, 1.165) is 19.0 Å². The van der Waals surface area contributed by atoms with Crippen molar-refractivity contribution in [2.75, 3.05) is 31.6 Å². The standard InChI is InChI=1S/C11H23NO2S/c1-10(2)11-5-4-6-12(9-11)7-8-15(3,13)14/h10-11H,4-9H2,1-3H3/t11-/m1/s1. The summed E-state index contributed by atoms with van der Waals surface area (Å²) < 4.78 is 22.1. The normalized spacial score (nSPS) is 24.7. The molecule has 1 rings (SSSR count). The van der Waals surface area contributed by atoms with Crippen LogP contribution in [0.25, 0.3) is 0 Å². The van der Waals surface area contributed by atoms with Crippen LogP contribution in [0.2, 0.25) is 0 Å². The quantitative estimate of drug-likeness (QED) is 0.736. The summed E-state index contributed by atoms with van der Waals surface area (Å²) in [6, 6.07) is 0. The van der Waals surface area contributed by atoms with Gasteiger partial charge in [0.05, 0.1) is 5.75 Å². The summed E-state index contributed by atoms with van der Waals surface area (Å²) in [6.07, 6.45) is 3.83. The Kier molecular flexibility index (Phi) is 4.59. The molecule has 90 valence electrons. The summed E-state index contributed by atoms with van der Waals surface area (Å²) in [7, 11) is -2.80. The van der Waals surface area contributed by atoms with Gasteiger partial charge in [0, 0.05) is 19.3 Å². The first kappa shape index (κ1) is 13.0. The number of rotatable bonds is 4. The predicted molar refractivity (Wildman–Crippen MR) is 63.7 cm³/mol. The molecule has 0 saturated carbocycles. The highest BCUT2D eigenvalue weighted by molar-refractivity contribution is 7.90. The lowest BCUT2D eigenvalue weighted by atomic mass is 9.88. The Morgan fingerprint density at radius 1 is 1.40 bits per heavy atom. The SMILES string of the molecule is CC(C)[C@@H]1CCCN(CCS(C)(=O)=O)C1. The molecule has 0 N–H and O–H groups in total. The average molecular weight is 233 g/mol. The fourth-order valence-electron chi connectivity index (χ4n) is 2.13. The second-order valence-electron chi connectivity index (χ2n) is 5.08. The zero-order valence-electron chi connectivity index (χ0n) is 10.1. The molecule has 0 aromatic carbocycles. The van der Waals surface area contributed by atoms with Crippen molar-refractivity contribution in [3.8, 4) is 0 Å². The van der Waals surface area contributed by atoms with E-state index in [4.69, 9.17) is 0 Å². The van der Waals surface area contributed by atoms with Crippen molar-refractivity contribution in [2.45, 2.75) is 26.7 Å². The van der Waals surface area contributed by atoms with Gasteiger partial charge in [-0.15, -0.1) is 0 Å². The predicted octanol–water partition coefficient (Wildman–Crippen LogP) is 1.40. The molecule has 0 spiro atoms. The van der Waals surface area contributed by atoms with Gasteiger partial charge in [-0.25, -0.2) is 8.42 Å². The lowest BCUT2D eigenvalue weighted by Gasteiger charge is -2.34. The Morgan fingerprint density at radius 2 is 2.07 bits per heavy atom. The minimum Gasteiger partial charge on any atom is -0.302 e. The van der Waals surface area contributed by atoms with Crippen molar-refractivity contribution < 1.29 is 8.42 Å². The minimum atomic E-state index is -2.80. The molecular weight excluding hydrogens is 210 g/mol.